The van der Waals surface area contributed by atoms with Gasteiger partial charge < -0.3 is 14.9 Å². The second kappa shape index (κ2) is 5.78. The van der Waals surface area contributed by atoms with Crippen molar-refractivity contribution in [2.24, 2.45) is 5.73 Å². The van der Waals surface area contributed by atoms with Crippen LogP contribution in [0.4, 0.5) is 0 Å². The average molecular weight is 276 g/mol. The minimum Gasteiger partial charge on any atom is -0.429 e. The Hall–Kier alpha value is -1.97. The molecule has 0 saturated heterocycles. The molecule has 3 aromatic rings. The molecule has 2 N–H and O–H groups in total. The number of nitrogens with two attached hydrogens (primary N) is 1. The van der Waals surface area contributed by atoms with E-state index in [1.807, 2.05) is 36.4 Å². The molecule has 0 aliphatic heterocycles. The number of halogens is 1. The molecule has 1 aromatic heterocycles. The summed E-state index contributed by atoms with van der Waals surface area (Å²) >= 11 is 0. The van der Waals surface area contributed by atoms with Crippen LogP contribution in [0.1, 0.15) is 5.76 Å². The molecule has 0 bridgehead atoms. The second-order valence-corrected chi connectivity index (χ2v) is 4.00. The molecule has 0 atom stereocenters. The number of hydrogen-bond acceptors (Lipinski definition) is 3. The zero-order valence-corrected chi connectivity index (χ0v) is 11.0. The number of rotatable bonds is 3. The zero-order chi connectivity index (χ0) is 12.4. The number of benzene rings is 2. The van der Waals surface area contributed by atoms with Crippen LogP contribution in [0.2, 0.25) is 0 Å². The van der Waals surface area contributed by atoms with E-state index in [1.165, 1.54) is 0 Å². The number of fused-ring (bicyclic) bond motifs is 1. The van der Waals surface area contributed by atoms with Crippen LogP contribution in [0.25, 0.3) is 10.8 Å². The van der Waals surface area contributed by atoms with Crippen LogP contribution in [0.15, 0.2) is 59.0 Å². The van der Waals surface area contributed by atoms with Crippen LogP contribution in [-0.4, -0.2) is 0 Å². The maximum Gasteiger partial charge on any atom is 0.290 e. The van der Waals surface area contributed by atoms with Crippen molar-refractivity contribution in [3.05, 3.63) is 60.4 Å². The van der Waals surface area contributed by atoms with Gasteiger partial charge in [-0.25, -0.2) is 0 Å². The van der Waals surface area contributed by atoms with E-state index in [-0.39, 0.29) is 12.4 Å². The Kier molecular flexibility index (Phi) is 4.10. The minimum absolute atomic E-state index is 0. The van der Waals surface area contributed by atoms with Gasteiger partial charge in [0, 0.05) is 11.5 Å². The molecule has 0 spiro atoms. The lowest BCUT2D eigenvalue weighted by molar-refractivity contribution is 0.335. The van der Waals surface area contributed by atoms with Gasteiger partial charge in [-0.15, -0.1) is 12.4 Å². The summed E-state index contributed by atoms with van der Waals surface area (Å²) in [6, 6.07) is 17.6. The molecule has 0 fully saturated rings. The molecule has 0 unspecified atom stereocenters. The van der Waals surface area contributed by atoms with E-state index in [9.17, 15) is 0 Å². The van der Waals surface area contributed by atoms with Crippen molar-refractivity contribution >= 4 is 23.2 Å². The van der Waals surface area contributed by atoms with Crippen molar-refractivity contribution < 1.29 is 9.15 Å². The predicted molar refractivity (Wildman–Crippen MR) is 77.9 cm³/mol. The fourth-order valence-corrected chi connectivity index (χ4v) is 1.92. The molecule has 98 valence electrons. The average Bonchev–Trinajstić information content (AvgIpc) is 2.87. The van der Waals surface area contributed by atoms with Gasteiger partial charge in [0.25, 0.3) is 5.95 Å². The summed E-state index contributed by atoms with van der Waals surface area (Å²) in [6.07, 6.45) is 0. The smallest absolute Gasteiger partial charge is 0.290 e. The van der Waals surface area contributed by atoms with Gasteiger partial charge in [-0.05, 0) is 17.5 Å². The molecule has 0 radical (unpaired) electrons. The Morgan fingerprint density at radius 2 is 1.74 bits per heavy atom. The summed E-state index contributed by atoms with van der Waals surface area (Å²) in [5.74, 6) is 1.96. The van der Waals surface area contributed by atoms with E-state index in [1.54, 1.807) is 6.07 Å². The van der Waals surface area contributed by atoms with E-state index in [0.717, 1.165) is 16.5 Å². The summed E-state index contributed by atoms with van der Waals surface area (Å²) in [6.45, 7) is 0.374. The van der Waals surface area contributed by atoms with Crippen molar-refractivity contribution in [3.8, 4) is 11.7 Å². The molecule has 0 aliphatic carbocycles. The number of ether oxygens (including phenoxy) is 1. The van der Waals surface area contributed by atoms with Crippen molar-refractivity contribution in [2.75, 3.05) is 0 Å². The quantitative estimate of drug-likeness (QED) is 0.783. The lowest BCUT2D eigenvalue weighted by Crippen LogP contribution is -1.92. The third-order valence-corrected chi connectivity index (χ3v) is 2.80. The van der Waals surface area contributed by atoms with Gasteiger partial charge >= 0.3 is 0 Å². The van der Waals surface area contributed by atoms with Crippen molar-refractivity contribution in [1.82, 2.24) is 0 Å². The highest BCUT2D eigenvalue weighted by molar-refractivity contribution is 5.88. The summed E-state index contributed by atoms with van der Waals surface area (Å²) < 4.78 is 11.2. The van der Waals surface area contributed by atoms with E-state index < -0.39 is 0 Å². The van der Waals surface area contributed by atoms with Gasteiger partial charge in [0.15, 0.2) is 0 Å². The van der Waals surface area contributed by atoms with Crippen molar-refractivity contribution in [1.29, 1.82) is 0 Å². The van der Waals surface area contributed by atoms with Crippen LogP contribution >= 0.6 is 12.4 Å². The van der Waals surface area contributed by atoms with Crippen molar-refractivity contribution in [2.45, 2.75) is 6.54 Å². The Morgan fingerprint density at radius 1 is 0.947 bits per heavy atom. The Balaban J connectivity index is 0.00000133. The lowest BCUT2D eigenvalue weighted by atomic mass is 10.1. The van der Waals surface area contributed by atoms with Gasteiger partial charge in [-0.1, -0.05) is 36.4 Å². The molecular formula is C15H14ClNO2. The van der Waals surface area contributed by atoms with E-state index in [2.05, 4.69) is 12.1 Å². The first-order valence-corrected chi connectivity index (χ1v) is 5.81. The fraction of sp³-hybridized carbons (Fsp3) is 0.0667. The first-order valence-electron chi connectivity index (χ1n) is 5.81. The van der Waals surface area contributed by atoms with Gasteiger partial charge in [-0.3, -0.25) is 0 Å². The summed E-state index contributed by atoms with van der Waals surface area (Å²) in [7, 11) is 0. The maximum absolute atomic E-state index is 5.75. The van der Waals surface area contributed by atoms with Gasteiger partial charge in [0.2, 0.25) is 0 Å². The Bertz CT molecular complexity index is 673. The standard InChI is InChI=1S/C15H13NO2.ClH/c16-10-12-8-9-15(17-12)18-14-7-3-5-11-4-1-2-6-13(11)14;/h1-9H,10,16H2;1H. The highest BCUT2D eigenvalue weighted by Gasteiger charge is 2.06. The van der Waals surface area contributed by atoms with Crippen molar-refractivity contribution in [3.63, 3.8) is 0 Å². The summed E-state index contributed by atoms with van der Waals surface area (Å²) in [5.41, 5.74) is 5.50. The Labute approximate surface area is 117 Å². The first-order chi connectivity index (χ1) is 8.86. The summed E-state index contributed by atoms with van der Waals surface area (Å²) in [5, 5.41) is 2.20. The third kappa shape index (κ3) is 2.72. The largest absolute Gasteiger partial charge is 0.429 e. The molecule has 0 saturated carbocycles. The normalized spacial score (nSPS) is 10.2. The van der Waals surface area contributed by atoms with E-state index in [0.29, 0.717) is 18.3 Å². The monoisotopic (exact) mass is 275 g/mol. The van der Waals surface area contributed by atoms with Gasteiger partial charge in [-0.2, -0.15) is 0 Å². The predicted octanol–water partition coefficient (Wildman–Crippen LogP) is 4.11. The highest BCUT2D eigenvalue weighted by Crippen LogP contribution is 2.30. The third-order valence-electron chi connectivity index (χ3n) is 2.80. The van der Waals surface area contributed by atoms with Crippen LogP contribution < -0.4 is 10.5 Å². The molecule has 0 aliphatic rings. The zero-order valence-electron chi connectivity index (χ0n) is 10.2. The van der Waals surface area contributed by atoms with E-state index in [4.69, 9.17) is 14.9 Å². The van der Waals surface area contributed by atoms with Crippen LogP contribution in [-0.2, 0) is 6.54 Å². The van der Waals surface area contributed by atoms with Gasteiger partial charge in [0.1, 0.15) is 11.5 Å². The van der Waals surface area contributed by atoms with Gasteiger partial charge in [0.05, 0.1) is 6.54 Å². The molecule has 4 heteroatoms. The van der Waals surface area contributed by atoms with Crippen LogP contribution in [0.3, 0.4) is 0 Å². The van der Waals surface area contributed by atoms with E-state index >= 15 is 0 Å². The summed E-state index contributed by atoms with van der Waals surface area (Å²) in [4.78, 5) is 0. The van der Waals surface area contributed by atoms with Crippen LogP contribution in [0, 0.1) is 0 Å². The molecule has 0 amide bonds. The topological polar surface area (TPSA) is 48.4 Å². The number of furan rings is 1. The lowest BCUT2D eigenvalue weighted by Gasteiger charge is -2.06. The SMILES string of the molecule is Cl.NCc1ccc(Oc2cccc3ccccc23)o1. The molecule has 19 heavy (non-hydrogen) atoms. The first kappa shape index (κ1) is 13.5. The van der Waals surface area contributed by atoms with Crippen LogP contribution in [0.5, 0.6) is 11.7 Å². The maximum atomic E-state index is 5.75. The Morgan fingerprint density at radius 3 is 2.53 bits per heavy atom. The highest BCUT2D eigenvalue weighted by atomic mass is 35.5. The number of hydrogen-bond donors (Lipinski definition) is 1. The molecule has 3 rings (SSSR count). The second-order valence-electron chi connectivity index (χ2n) is 4.00. The molecular weight excluding hydrogens is 262 g/mol. The molecule has 1 heterocycles. The fourth-order valence-electron chi connectivity index (χ4n) is 1.92. The minimum atomic E-state index is 0. The molecule has 2 aromatic carbocycles. The molecule has 3 nitrogen and oxygen atoms in total.